The summed E-state index contributed by atoms with van der Waals surface area (Å²) < 4.78 is 34.0. The number of aromatic carboxylic acids is 1. The second kappa shape index (κ2) is 11.9. The first-order valence-corrected chi connectivity index (χ1v) is 12.8. The monoisotopic (exact) mass is 461 g/mol. The fraction of sp³-hybridized carbons (Fsp3) is 0.480. The van der Waals surface area contributed by atoms with Crippen LogP contribution in [0.1, 0.15) is 74.4 Å². The number of rotatable bonds is 13. The highest BCUT2D eigenvalue weighted by Gasteiger charge is 2.27. The zero-order chi connectivity index (χ0) is 23.7. The van der Waals surface area contributed by atoms with Crippen molar-refractivity contribution in [3.63, 3.8) is 0 Å². The largest absolute Gasteiger partial charge is 0.487 e. The number of hydrogen-bond acceptors (Lipinski definition) is 4. The molecule has 0 heterocycles. The zero-order valence-electron chi connectivity index (χ0n) is 19.5. The summed E-state index contributed by atoms with van der Waals surface area (Å²) in [7, 11) is -3.51. The van der Waals surface area contributed by atoms with Crippen molar-refractivity contribution in [3.05, 3.63) is 59.2 Å². The molecule has 2 aromatic carbocycles. The van der Waals surface area contributed by atoms with Gasteiger partial charge in [-0.2, -0.15) is 0 Å². The first-order valence-electron chi connectivity index (χ1n) is 11.2. The van der Waals surface area contributed by atoms with Crippen LogP contribution in [0.4, 0.5) is 5.69 Å². The molecule has 176 valence electrons. The lowest BCUT2D eigenvalue weighted by Crippen LogP contribution is -2.39. The maximum atomic E-state index is 13.2. The number of unbranched alkanes of at least 4 members (excludes halogenated alkanes) is 4. The second-order valence-electron chi connectivity index (χ2n) is 8.38. The second-order valence-corrected chi connectivity index (χ2v) is 10.3. The van der Waals surface area contributed by atoms with Gasteiger partial charge in [0.25, 0.3) is 0 Å². The average Bonchev–Trinajstić information content (AvgIpc) is 2.73. The van der Waals surface area contributed by atoms with Crippen LogP contribution in [0.3, 0.4) is 0 Å². The number of nitrogens with zero attached hydrogens (tertiary/aromatic N) is 1. The zero-order valence-corrected chi connectivity index (χ0v) is 20.3. The van der Waals surface area contributed by atoms with Gasteiger partial charge in [-0.15, -0.1) is 0 Å². The average molecular weight is 462 g/mol. The summed E-state index contributed by atoms with van der Waals surface area (Å²) in [4.78, 5) is 11.0. The van der Waals surface area contributed by atoms with Crippen LogP contribution >= 0.6 is 0 Å². The molecule has 2 rings (SSSR count). The number of carboxylic acids is 1. The van der Waals surface area contributed by atoms with Crippen molar-refractivity contribution in [1.29, 1.82) is 0 Å². The van der Waals surface area contributed by atoms with Crippen molar-refractivity contribution >= 4 is 21.7 Å². The number of aryl methyl sites for hydroxylation is 1. The number of ether oxygens (including phenoxy) is 1. The van der Waals surface area contributed by atoms with E-state index in [0.717, 1.165) is 36.8 Å². The summed E-state index contributed by atoms with van der Waals surface area (Å²) in [5, 5.41) is 9.05. The van der Waals surface area contributed by atoms with Gasteiger partial charge in [-0.05, 0) is 62.6 Å². The molecule has 32 heavy (non-hydrogen) atoms. The van der Waals surface area contributed by atoms with Crippen LogP contribution in [0.25, 0.3) is 0 Å². The van der Waals surface area contributed by atoms with Crippen LogP contribution in [0, 0.1) is 6.92 Å². The lowest BCUT2D eigenvalue weighted by Gasteiger charge is -2.30. The smallest absolute Gasteiger partial charge is 0.335 e. The Kier molecular flexibility index (Phi) is 9.57. The molecule has 0 atom stereocenters. The SMILES string of the molecule is CCCCCCCS(=O)(=O)N(c1ccc(C)cc1OCc1ccc(C(=O)O)cc1)C(C)C. The molecule has 6 nitrogen and oxygen atoms in total. The molecule has 0 spiro atoms. The Labute approximate surface area is 192 Å². The summed E-state index contributed by atoms with van der Waals surface area (Å²) in [5.74, 6) is -0.375. The Morgan fingerprint density at radius 3 is 2.28 bits per heavy atom. The van der Waals surface area contributed by atoms with Crippen molar-refractivity contribution in [1.82, 2.24) is 0 Å². The lowest BCUT2D eigenvalue weighted by molar-refractivity contribution is 0.0697. The van der Waals surface area contributed by atoms with Gasteiger partial charge in [0, 0.05) is 6.04 Å². The Morgan fingerprint density at radius 2 is 1.69 bits per heavy atom. The number of anilines is 1. The summed E-state index contributed by atoms with van der Waals surface area (Å²) in [6.45, 7) is 8.00. The molecule has 0 aromatic heterocycles. The third-order valence-electron chi connectivity index (χ3n) is 5.22. The van der Waals surface area contributed by atoms with Crippen LogP contribution < -0.4 is 9.04 Å². The van der Waals surface area contributed by atoms with Gasteiger partial charge in [-0.25, -0.2) is 13.2 Å². The van der Waals surface area contributed by atoms with E-state index in [4.69, 9.17) is 9.84 Å². The molecule has 0 fully saturated rings. The van der Waals surface area contributed by atoms with Gasteiger partial charge in [0.15, 0.2) is 0 Å². The van der Waals surface area contributed by atoms with E-state index in [9.17, 15) is 13.2 Å². The van der Waals surface area contributed by atoms with E-state index >= 15 is 0 Å². The number of benzene rings is 2. The van der Waals surface area contributed by atoms with Gasteiger partial charge in [-0.1, -0.05) is 50.8 Å². The normalized spacial score (nSPS) is 11.5. The van der Waals surface area contributed by atoms with E-state index in [-0.39, 0.29) is 24.0 Å². The summed E-state index contributed by atoms with van der Waals surface area (Å²) >= 11 is 0. The Hall–Kier alpha value is -2.54. The summed E-state index contributed by atoms with van der Waals surface area (Å²) in [6, 6.07) is 11.7. The Morgan fingerprint density at radius 1 is 1.03 bits per heavy atom. The minimum absolute atomic E-state index is 0.110. The fourth-order valence-corrected chi connectivity index (χ4v) is 5.42. The molecular weight excluding hydrogens is 426 g/mol. The van der Waals surface area contributed by atoms with Crippen molar-refractivity contribution in [3.8, 4) is 5.75 Å². The molecule has 0 aliphatic carbocycles. The van der Waals surface area contributed by atoms with Gasteiger partial charge in [0.1, 0.15) is 12.4 Å². The molecule has 7 heteroatoms. The van der Waals surface area contributed by atoms with E-state index in [2.05, 4.69) is 6.92 Å². The molecule has 0 amide bonds. The first kappa shape index (κ1) is 25.7. The Bertz CT molecular complexity index is 984. The molecule has 0 radical (unpaired) electrons. The third kappa shape index (κ3) is 7.26. The molecule has 0 saturated carbocycles. The van der Waals surface area contributed by atoms with Crippen LogP contribution in [-0.4, -0.2) is 31.3 Å². The third-order valence-corrected chi connectivity index (χ3v) is 7.24. The standard InChI is InChI=1S/C25H35NO5S/c1-5-6-7-8-9-16-32(29,30)26(19(2)3)23-15-10-20(4)17-24(23)31-18-21-11-13-22(14-12-21)25(27)28/h10-15,17,19H,5-9,16,18H2,1-4H3,(H,27,28). The highest BCUT2D eigenvalue weighted by molar-refractivity contribution is 7.92. The minimum atomic E-state index is -3.51. The highest BCUT2D eigenvalue weighted by atomic mass is 32.2. The fourth-order valence-electron chi connectivity index (χ4n) is 3.56. The molecule has 0 unspecified atom stereocenters. The van der Waals surface area contributed by atoms with Crippen LogP contribution in [0.2, 0.25) is 0 Å². The van der Waals surface area contributed by atoms with Crippen molar-refractivity contribution in [2.24, 2.45) is 0 Å². The summed E-state index contributed by atoms with van der Waals surface area (Å²) in [6.07, 6.45) is 4.84. The van der Waals surface area contributed by atoms with Gasteiger partial charge < -0.3 is 9.84 Å². The number of sulfonamides is 1. The van der Waals surface area contributed by atoms with Crippen molar-refractivity contribution < 1.29 is 23.1 Å². The molecule has 2 aromatic rings. The van der Waals surface area contributed by atoms with Crippen molar-refractivity contribution in [2.45, 2.75) is 72.4 Å². The van der Waals surface area contributed by atoms with E-state index < -0.39 is 16.0 Å². The van der Waals surface area contributed by atoms with E-state index in [1.807, 2.05) is 32.9 Å². The van der Waals surface area contributed by atoms with Gasteiger partial charge in [0.2, 0.25) is 10.0 Å². The van der Waals surface area contributed by atoms with E-state index in [1.54, 1.807) is 18.2 Å². The lowest BCUT2D eigenvalue weighted by atomic mass is 10.1. The molecule has 0 saturated heterocycles. The number of hydrogen-bond donors (Lipinski definition) is 1. The molecule has 1 N–H and O–H groups in total. The van der Waals surface area contributed by atoms with Crippen molar-refractivity contribution in [2.75, 3.05) is 10.1 Å². The molecule has 0 aliphatic rings. The van der Waals surface area contributed by atoms with Gasteiger partial charge in [-0.3, -0.25) is 4.31 Å². The molecule has 0 aliphatic heterocycles. The van der Waals surface area contributed by atoms with Gasteiger partial charge >= 0.3 is 5.97 Å². The first-order chi connectivity index (χ1) is 15.2. The predicted molar refractivity (Wildman–Crippen MR) is 129 cm³/mol. The van der Waals surface area contributed by atoms with E-state index in [1.165, 1.54) is 16.4 Å². The molecular formula is C25H35NO5S. The van der Waals surface area contributed by atoms with Gasteiger partial charge in [0.05, 0.1) is 17.0 Å². The van der Waals surface area contributed by atoms with Crippen LogP contribution in [-0.2, 0) is 16.6 Å². The minimum Gasteiger partial charge on any atom is -0.487 e. The van der Waals surface area contributed by atoms with Crippen LogP contribution in [0.15, 0.2) is 42.5 Å². The van der Waals surface area contributed by atoms with E-state index in [0.29, 0.717) is 17.9 Å². The maximum Gasteiger partial charge on any atom is 0.335 e. The highest BCUT2D eigenvalue weighted by Crippen LogP contribution is 2.34. The number of carboxylic acid groups (broad SMARTS) is 1. The molecule has 0 bridgehead atoms. The topological polar surface area (TPSA) is 83.9 Å². The quantitative estimate of drug-likeness (QED) is 0.382. The maximum absolute atomic E-state index is 13.2. The number of carbonyl (C=O) groups is 1. The summed E-state index contributed by atoms with van der Waals surface area (Å²) in [5.41, 5.74) is 2.50. The Balaban J connectivity index is 2.23. The van der Waals surface area contributed by atoms with Crippen LogP contribution in [0.5, 0.6) is 5.75 Å². The predicted octanol–water partition coefficient (Wildman–Crippen LogP) is 5.79.